The van der Waals surface area contributed by atoms with Gasteiger partial charge in [-0.1, -0.05) is 12.8 Å². The van der Waals surface area contributed by atoms with Gasteiger partial charge in [-0.2, -0.15) is 0 Å². The van der Waals surface area contributed by atoms with Crippen molar-refractivity contribution in [2.75, 3.05) is 18.9 Å². The SMILES string of the molecule is CN(CC1CCCC1)C(=O)c1ccc(NC(=O)c2cc(F)cc(F)c2)cc1O. The predicted molar refractivity (Wildman–Crippen MR) is 101 cm³/mol. The van der Waals surface area contributed by atoms with Crippen molar-refractivity contribution in [3.8, 4) is 5.75 Å². The smallest absolute Gasteiger partial charge is 0.257 e. The van der Waals surface area contributed by atoms with Gasteiger partial charge in [0.1, 0.15) is 17.4 Å². The van der Waals surface area contributed by atoms with Gasteiger partial charge in [-0.15, -0.1) is 0 Å². The lowest BCUT2D eigenvalue weighted by atomic mass is 10.1. The minimum Gasteiger partial charge on any atom is -0.507 e. The van der Waals surface area contributed by atoms with E-state index >= 15 is 0 Å². The van der Waals surface area contributed by atoms with Crippen molar-refractivity contribution in [2.24, 2.45) is 5.92 Å². The van der Waals surface area contributed by atoms with Gasteiger partial charge >= 0.3 is 0 Å². The summed E-state index contributed by atoms with van der Waals surface area (Å²) in [4.78, 5) is 26.3. The molecule has 2 aromatic rings. The van der Waals surface area contributed by atoms with Crippen molar-refractivity contribution in [1.29, 1.82) is 0 Å². The summed E-state index contributed by atoms with van der Waals surface area (Å²) in [5.41, 5.74) is 0.158. The minimum absolute atomic E-state index is 0.135. The fourth-order valence-corrected chi connectivity index (χ4v) is 3.55. The highest BCUT2D eigenvalue weighted by atomic mass is 19.1. The van der Waals surface area contributed by atoms with Crippen LogP contribution in [-0.4, -0.2) is 35.4 Å². The third-order valence-corrected chi connectivity index (χ3v) is 4.96. The summed E-state index contributed by atoms with van der Waals surface area (Å²) in [5, 5.41) is 12.7. The van der Waals surface area contributed by atoms with Gasteiger partial charge in [0.05, 0.1) is 5.56 Å². The van der Waals surface area contributed by atoms with E-state index in [1.165, 1.54) is 31.0 Å². The highest BCUT2D eigenvalue weighted by Gasteiger charge is 2.22. The fourth-order valence-electron chi connectivity index (χ4n) is 3.55. The molecule has 5 nitrogen and oxygen atoms in total. The Balaban J connectivity index is 1.69. The van der Waals surface area contributed by atoms with E-state index in [0.29, 0.717) is 18.5 Å². The van der Waals surface area contributed by atoms with E-state index in [-0.39, 0.29) is 28.5 Å². The van der Waals surface area contributed by atoms with Gasteiger partial charge in [0.2, 0.25) is 0 Å². The summed E-state index contributed by atoms with van der Waals surface area (Å²) < 4.78 is 26.5. The average Bonchev–Trinajstić information content (AvgIpc) is 3.13. The van der Waals surface area contributed by atoms with Crippen molar-refractivity contribution in [2.45, 2.75) is 25.7 Å². The van der Waals surface area contributed by atoms with E-state index in [1.54, 1.807) is 11.9 Å². The first-order valence-corrected chi connectivity index (χ1v) is 9.19. The molecule has 1 aliphatic carbocycles. The van der Waals surface area contributed by atoms with Gasteiger partial charge in [0, 0.05) is 37.0 Å². The summed E-state index contributed by atoms with van der Waals surface area (Å²) in [6.45, 7) is 0.641. The van der Waals surface area contributed by atoms with Crippen LogP contribution in [0.1, 0.15) is 46.4 Å². The molecule has 2 N–H and O–H groups in total. The van der Waals surface area contributed by atoms with Crippen LogP contribution in [0, 0.1) is 17.6 Å². The molecule has 1 saturated carbocycles. The maximum Gasteiger partial charge on any atom is 0.257 e. The number of nitrogens with one attached hydrogen (secondary N) is 1. The van der Waals surface area contributed by atoms with Gasteiger partial charge < -0.3 is 15.3 Å². The van der Waals surface area contributed by atoms with Crippen molar-refractivity contribution in [1.82, 2.24) is 4.90 Å². The number of hydrogen-bond acceptors (Lipinski definition) is 3. The third-order valence-electron chi connectivity index (χ3n) is 4.96. The number of anilines is 1. The summed E-state index contributed by atoms with van der Waals surface area (Å²) in [6.07, 6.45) is 4.58. The molecule has 1 aliphatic rings. The second-order valence-electron chi connectivity index (χ2n) is 7.18. The lowest BCUT2D eigenvalue weighted by Gasteiger charge is -2.21. The number of benzene rings is 2. The number of nitrogens with zero attached hydrogens (tertiary/aromatic N) is 1. The second kappa shape index (κ2) is 8.37. The van der Waals surface area contributed by atoms with Crippen molar-refractivity contribution < 1.29 is 23.5 Å². The molecule has 0 bridgehead atoms. The normalized spacial score (nSPS) is 14.1. The molecule has 0 heterocycles. The van der Waals surface area contributed by atoms with Crippen LogP contribution in [-0.2, 0) is 0 Å². The monoisotopic (exact) mass is 388 g/mol. The van der Waals surface area contributed by atoms with Crippen LogP contribution in [0.15, 0.2) is 36.4 Å². The Morgan fingerprint density at radius 1 is 1.11 bits per heavy atom. The molecule has 2 amide bonds. The standard InChI is InChI=1S/C21H22F2N2O3/c1-25(12-13-4-2-3-5-13)21(28)18-7-6-17(11-19(18)26)24-20(27)14-8-15(22)10-16(23)9-14/h6-11,13,26H,2-5,12H2,1H3,(H,24,27). The molecule has 0 aliphatic heterocycles. The van der Waals surface area contributed by atoms with E-state index in [1.807, 2.05) is 0 Å². The molecule has 0 radical (unpaired) electrons. The summed E-state index contributed by atoms with van der Waals surface area (Å²) in [5.74, 6) is -2.53. The topological polar surface area (TPSA) is 69.6 Å². The Morgan fingerprint density at radius 2 is 1.75 bits per heavy atom. The van der Waals surface area contributed by atoms with Crippen LogP contribution in [0.2, 0.25) is 0 Å². The molecule has 148 valence electrons. The minimum atomic E-state index is -0.862. The van der Waals surface area contributed by atoms with Gasteiger partial charge in [-0.25, -0.2) is 8.78 Å². The number of amides is 2. The Morgan fingerprint density at radius 3 is 2.36 bits per heavy atom. The lowest BCUT2D eigenvalue weighted by molar-refractivity contribution is 0.0770. The third kappa shape index (κ3) is 4.65. The van der Waals surface area contributed by atoms with E-state index in [2.05, 4.69) is 5.32 Å². The summed E-state index contributed by atoms with van der Waals surface area (Å²) >= 11 is 0. The zero-order valence-electron chi connectivity index (χ0n) is 15.5. The van der Waals surface area contributed by atoms with Crippen LogP contribution < -0.4 is 5.32 Å². The predicted octanol–water partition coefficient (Wildman–Crippen LogP) is 4.18. The molecule has 0 unspecified atom stereocenters. The molecular formula is C21H22F2N2O3. The van der Waals surface area contributed by atoms with Crippen LogP contribution in [0.4, 0.5) is 14.5 Å². The van der Waals surface area contributed by atoms with Gasteiger partial charge in [-0.05, 0) is 43.0 Å². The van der Waals surface area contributed by atoms with Crippen molar-refractivity contribution in [3.05, 3.63) is 59.2 Å². The van der Waals surface area contributed by atoms with Crippen LogP contribution in [0.3, 0.4) is 0 Å². The molecule has 3 rings (SSSR count). The van der Waals surface area contributed by atoms with Gasteiger partial charge in [0.25, 0.3) is 11.8 Å². The molecule has 0 atom stereocenters. The maximum atomic E-state index is 13.3. The van der Waals surface area contributed by atoms with Crippen molar-refractivity contribution >= 4 is 17.5 Å². The fraction of sp³-hybridized carbons (Fsp3) is 0.333. The van der Waals surface area contributed by atoms with Gasteiger partial charge in [0.15, 0.2) is 0 Å². The molecule has 0 aromatic heterocycles. The van der Waals surface area contributed by atoms with E-state index in [4.69, 9.17) is 0 Å². The van der Waals surface area contributed by atoms with Crippen LogP contribution in [0.5, 0.6) is 5.75 Å². The number of carbonyl (C=O) groups excluding carboxylic acids is 2. The molecular weight excluding hydrogens is 366 g/mol. The zero-order chi connectivity index (χ0) is 20.3. The van der Waals surface area contributed by atoms with Crippen LogP contribution in [0.25, 0.3) is 0 Å². The Kier molecular flexibility index (Phi) is 5.92. The Bertz CT molecular complexity index is 875. The van der Waals surface area contributed by atoms with Gasteiger partial charge in [-0.3, -0.25) is 9.59 Å². The Hall–Kier alpha value is -2.96. The quantitative estimate of drug-likeness (QED) is 0.807. The summed E-state index contributed by atoms with van der Waals surface area (Å²) in [6, 6.07) is 6.62. The van der Waals surface area contributed by atoms with E-state index in [9.17, 15) is 23.5 Å². The number of aromatic hydroxyl groups is 1. The van der Waals surface area contributed by atoms with Crippen molar-refractivity contribution in [3.63, 3.8) is 0 Å². The van der Waals surface area contributed by atoms with Crippen LogP contribution >= 0.6 is 0 Å². The molecule has 0 saturated heterocycles. The van der Waals surface area contributed by atoms with E-state index in [0.717, 1.165) is 25.0 Å². The first-order valence-electron chi connectivity index (χ1n) is 9.19. The zero-order valence-corrected chi connectivity index (χ0v) is 15.5. The maximum absolute atomic E-state index is 13.3. The highest BCUT2D eigenvalue weighted by molar-refractivity contribution is 6.05. The van der Waals surface area contributed by atoms with E-state index < -0.39 is 17.5 Å². The number of halogens is 2. The molecule has 1 fully saturated rings. The molecule has 7 heteroatoms. The Labute approximate surface area is 162 Å². The molecule has 0 spiro atoms. The first kappa shape index (κ1) is 19.8. The average molecular weight is 388 g/mol. The number of rotatable bonds is 5. The first-order chi connectivity index (χ1) is 13.3. The summed E-state index contributed by atoms with van der Waals surface area (Å²) in [7, 11) is 1.70. The number of carbonyl (C=O) groups is 2. The molecule has 28 heavy (non-hydrogen) atoms. The second-order valence-corrected chi connectivity index (χ2v) is 7.18. The molecule has 2 aromatic carbocycles. The largest absolute Gasteiger partial charge is 0.507 e. The highest BCUT2D eigenvalue weighted by Crippen LogP contribution is 2.27. The number of hydrogen-bond donors (Lipinski definition) is 2. The number of phenolic OH excluding ortho intramolecular Hbond substituents is 1. The number of phenols is 1. The lowest BCUT2D eigenvalue weighted by Crippen LogP contribution is -2.31.